The predicted octanol–water partition coefficient (Wildman–Crippen LogP) is 1.66. The largest absolute Gasteiger partial charge is 0.368 e. The van der Waals surface area contributed by atoms with Crippen LogP contribution in [0.15, 0.2) is 54.6 Å². The first-order valence-corrected chi connectivity index (χ1v) is 9.39. The van der Waals surface area contributed by atoms with Crippen molar-refractivity contribution in [1.29, 1.82) is 0 Å². The highest BCUT2D eigenvalue weighted by molar-refractivity contribution is 6.30. The van der Waals surface area contributed by atoms with Crippen LogP contribution in [0.4, 0.5) is 5.95 Å². The molecule has 1 aliphatic heterocycles. The number of nitrogens with two attached hydrogens (primary N) is 1. The summed E-state index contributed by atoms with van der Waals surface area (Å²) in [7, 11) is 0. The zero-order valence-corrected chi connectivity index (χ0v) is 15.9. The number of aromatic nitrogens is 4. The maximum atomic E-state index is 12.1. The third-order valence-electron chi connectivity index (χ3n) is 4.87. The van der Waals surface area contributed by atoms with Crippen LogP contribution < -0.4 is 10.6 Å². The van der Waals surface area contributed by atoms with Crippen LogP contribution in [0.2, 0.25) is 5.02 Å². The smallest absolute Gasteiger partial charge is 0.250 e. The molecule has 28 heavy (non-hydrogen) atoms. The minimum absolute atomic E-state index is 0.370. The van der Waals surface area contributed by atoms with Crippen LogP contribution in [0.5, 0.6) is 0 Å². The van der Waals surface area contributed by atoms with Crippen LogP contribution in [0.3, 0.4) is 0 Å². The highest BCUT2D eigenvalue weighted by Crippen LogP contribution is 2.25. The minimum Gasteiger partial charge on any atom is -0.368 e. The monoisotopic (exact) mass is 397 g/mol. The molecule has 0 spiro atoms. The summed E-state index contributed by atoms with van der Waals surface area (Å²) in [6.45, 7) is 2.70. The minimum atomic E-state index is -0.482. The quantitative estimate of drug-likeness (QED) is 0.703. The average molecular weight is 398 g/mol. The molecule has 2 heterocycles. The molecule has 144 valence electrons. The van der Waals surface area contributed by atoms with Crippen molar-refractivity contribution in [2.75, 3.05) is 31.1 Å². The van der Waals surface area contributed by atoms with Gasteiger partial charge in [0.15, 0.2) is 0 Å². The summed E-state index contributed by atoms with van der Waals surface area (Å²) < 4.78 is 1.72. The Labute approximate surface area is 167 Å². The van der Waals surface area contributed by atoms with Gasteiger partial charge in [-0.2, -0.15) is 4.68 Å². The van der Waals surface area contributed by atoms with E-state index in [1.54, 1.807) is 16.8 Å². The van der Waals surface area contributed by atoms with E-state index in [0.29, 0.717) is 37.1 Å². The summed E-state index contributed by atoms with van der Waals surface area (Å²) in [4.78, 5) is 16.3. The molecule has 1 atom stereocenters. The molecule has 1 aliphatic rings. The molecule has 0 aliphatic carbocycles. The number of para-hydroxylation sites is 1. The normalized spacial score (nSPS) is 16.1. The lowest BCUT2D eigenvalue weighted by atomic mass is 10.0. The van der Waals surface area contributed by atoms with Gasteiger partial charge in [-0.3, -0.25) is 9.69 Å². The molecule has 1 saturated heterocycles. The van der Waals surface area contributed by atoms with Crippen molar-refractivity contribution in [2.24, 2.45) is 5.73 Å². The molecule has 0 unspecified atom stereocenters. The van der Waals surface area contributed by atoms with Gasteiger partial charge in [0.25, 0.3) is 0 Å². The van der Waals surface area contributed by atoms with Crippen molar-refractivity contribution < 1.29 is 4.79 Å². The molecule has 0 radical (unpaired) electrons. The summed E-state index contributed by atoms with van der Waals surface area (Å²) in [5.41, 5.74) is 7.45. The van der Waals surface area contributed by atoms with Crippen molar-refractivity contribution in [2.45, 2.75) is 6.04 Å². The van der Waals surface area contributed by atoms with Gasteiger partial charge in [0.2, 0.25) is 11.9 Å². The fraction of sp³-hybridized carbons (Fsp3) is 0.263. The van der Waals surface area contributed by atoms with Crippen molar-refractivity contribution >= 4 is 23.5 Å². The van der Waals surface area contributed by atoms with Crippen LogP contribution in [0, 0.1) is 0 Å². The van der Waals surface area contributed by atoms with E-state index in [4.69, 9.17) is 17.3 Å². The summed E-state index contributed by atoms with van der Waals surface area (Å²) in [6.07, 6.45) is 0. The lowest BCUT2D eigenvalue weighted by Gasteiger charge is -2.38. The number of benzene rings is 2. The molecule has 1 aromatic heterocycles. The van der Waals surface area contributed by atoms with E-state index in [9.17, 15) is 4.79 Å². The van der Waals surface area contributed by atoms with Gasteiger partial charge in [0.05, 0.1) is 5.69 Å². The Morgan fingerprint density at radius 3 is 2.32 bits per heavy atom. The number of rotatable bonds is 5. The van der Waals surface area contributed by atoms with Crippen LogP contribution in [0.1, 0.15) is 11.6 Å². The number of halogens is 1. The second-order valence-electron chi connectivity index (χ2n) is 6.61. The van der Waals surface area contributed by atoms with Crippen LogP contribution in [-0.2, 0) is 4.79 Å². The molecule has 2 N–H and O–H groups in total. The number of tetrazole rings is 1. The number of nitrogens with zero attached hydrogens (tertiary/aromatic N) is 6. The molecule has 0 saturated carbocycles. The van der Waals surface area contributed by atoms with E-state index in [1.165, 1.54) is 0 Å². The Bertz CT molecular complexity index is 936. The summed E-state index contributed by atoms with van der Waals surface area (Å²) in [5, 5.41) is 12.8. The Morgan fingerprint density at radius 1 is 1.00 bits per heavy atom. The predicted molar refractivity (Wildman–Crippen MR) is 106 cm³/mol. The SMILES string of the molecule is NC(=O)[C@H](c1ccc(Cl)cc1)N1CCN(c2nnnn2-c2ccccc2)CC1. The zero-order chi connectivity index (χ0) is 19.5. The molecule has 4 rings (SSSR count). The van der Waals surface area contributed by atoms with Crippen molar-refractivity contribution in [3.05, 3.63) is 65.2 Å². The molecule has 2 aromatic carbocycles. The Balaban J connectivity index is 1.50. The number of carbonyl (C=O) groups excluding carboxylic acids is 1. The number of amides is 1. The average Bonchev–Trinajstić information content (AvgIpc) is 3.20. The third kappa shape index (κ3) is 3.69. The molecule has 0 bridgehead atoms. The number of primary amides is 1. The van der Waals surface area contributed by atoms with E-state index < -0.39 is 6.04 Å². The topological polar surface area (TPSA) is 93.2 Å². The van der Waals surface area contributed by atoms with Gasteiger partial charge in [-0.25, -0.2) is 0 Å². The molecule has 8 nitrogen and oxygen atoms in total. The van der Waals surface area contributed by atoms with Gasteiger partial charge in [0, 0.05) is 31.2 Å². The van der Waals surface area contributed by atoms with Crippen LogP contribution in [-0.4, -0.2) is 57.2 Å². The fourth-order valence-corrected chi connectivity index (χ4v) is 3.62. The lowest BCUT2D eigenvalue weighted by molar-refractivity contribution is -0.123. The second kappa shape index (κ2) is 7.95. The van der Waals surface area contributed by atoms with Crippen LogP contribution in [0.25, 0.3) is 5.69 Å². The van der Waals surface area contributed by atoms with E-state index in [0.717, 1.165) is 11.3 Å². The highest BCUT2D eigenvalue weighted by Gasteiger charge is 2.30. The summed E-state index contributed by atoms with van der Waals surface area (Å²) in [5.74, 6) is 0.317. The highest BCUT2D eigenvalue weighted by atomic mass is 35.5. The number of carbonyl (C=O) groups is 1. The number of hydrogen-bond acceptors (Lipinski definition) is 6. The van der Waals surface area contributed by atoms with Gasteiger partial charge in [-0.05, 0) is 40.3 Å². The Hall–Kier alpha value is -2.97. The maximum absolute atomic E-state index is 12.1. The van der Waals surface area contributed by atoms with E-state index in [2.05, 4.69) is 25.3 Å². The molecule has 9 heteroatoms. The fourth-order valence-electron chi connectivity index (χ4n) is 3.50. The van der Waals surface area contributed by atoms with Crippen molar-refractivity contribution in [3.8, 4) is 5.69 Å². The molecular formula is C19H20ClN7O. The van der Waals surface area contributed by atoms with Crippen molar-refractivity contribution in [3.63, 3.8) is 0 Å². The second-order valence-corrected chi connectivity index (χ2v) is 7.04. The molecular weight excluding hydrogens is 378 g/mol. The van der Waals surface area contributed by atoms with E-state index in [-0.39, 0.29) is 5.91 Å². The zero-order valence-electron chi connectivity index (χ0n) is 15.1. The standard InChI is InChI=1S/C19H20ClN7O/c20-15-8-6-14(7-9-15)17(18(21)28)25-10-12-26(13-11-25)19-22-23-24-27(19)16-4-2-1-3-5-16/h1-9,17H,10-13H2,(H2,21,28)/t17-/m0/s1. The third-order valence-corrected chi connectivity index (χ3v) is 5.12. The number of anilines is 1. The first kappa shape index (κ1) is 18.4. The number of piperazine rings is 1. The molecule has 3 aromatic rings. The Kier molecular flexibility index (Phi) is 5.23. The van der Waals surface area contributed by atoms with Crippen LogP contribution >= 0.6 is 11.6 Å². The number of hydrogen-bond donors (Lipinski definition) is 1. The molecule has 1 amide bonds. The van der Waals surface area contributed by atoms with Gasteiger partial charge in [0.1, 0.15) is 6.04 Å². The maximum Gasteiger partial charge on any atom is 0.250 e. The first-order valence-electron chi connectivity index (χ1n) is 9.01. The van der Waals surface area contributed by atoms with Gasteiger partial charge < -0.3 is 10.6 Å². The first-order chi connectivity index (χ1) is 13.6. The summed E-state index contributed by atoms with van der Waals surface area (Å²) >= 11 is 5.97. The van der Waals surface area contributed by atoms with Gasteiger partial charge in [-0.1, -0.05) is 47.0 Å². The van der Waals surface area contributed by atoms with Gasteiger partial charge in [-0.15, -0.1) is 0 Å². The van der Waals surface area contributed by atoms with E-state index in [1.807, 2.05) is 42.5 Å². The van der Waals surface area contributed by atoms with E-state index >= 15 is 0 Å². The molecule has 1 fully saturated rings. The van der Waals surface area contributed by atoms with Gasteiger partial charge >= 0.3 is 0 Å². The van der Waals surface area contributed by atoms with Crippen molar-refractivity contribution in [1.82, 2.24) is 25.1 Å². The summed E-state index contributed by atoms with van der Waals surface area (Å²) in [6, 6.07) is 16.5. The Morgan fingerprint density at radius 2 is 1.68 bits per heavy atom. The lowest BCUT2D eigenvalue weighted by Crippen LogP contribution is -2.51.